The molecule has 4 nitrogen and oxygen atoms in total. The van der Waals surface area contributed by atoms with E-state index in [4.69, 9.17) is 9.84 Å². The van der Waals surface area contributed by atoms with Crippen LogP contribution in [0.2, 0.25) is 0 Å². The highest BCUT2D eigenvalue weighted by atomic mass is 16.5. The van der Waals surface area contributed by atoms with Crippen molar-refractivity contribution in [2.75, 3.05) is 32.9 Å². The second kappa shape index (κ2) is 14.9. The van der Waals surface area contributed by atoms with Crippen LogP contribution in [-0.2, 0) is 4.74 Å². The Morgan fingerprint density at radius 2 is 1.78 bits per heavy atom. The molecule has 0 bridgehead atoms. The van der Waals surface area contributed by atoms with E-state index in [0.717, 1.165) is 26.0 Å². The molecule has 0 aromatic carbocycles. The smallest absolute Gasteiger partial charge is 0.0897 e. The van der Waals surface area contributed by atoms with Crippen LogP contribution in [0.4, 0.5) is 0 Å². The molecule has 0 spiro atoms. The van der Waals surface area contributed by atoms with E-state index in [1.807, 2.05) is 0 Å². The third-order valence-electron chi connectivity index (χ3n) is 2.84. The van der Waals surface area contributed by atoms with Crippen LogP contribution >= 0.6 is 0 Å². The van der Waals surface area contributed by atoms with E-state index < -0.39 is 6.10 Å². The maximum absolute atomic E-state index is 9.57. The first-order valence-corrected chi connectivity index (χ1v) is 7.38. The van der Waals surface area contributed by atoms with Gasteiger partial charge in [0.25, 0.3) is 0 Å². The summed E-state index contributed by atoms with van der Waals surface area (Å²) in [6.45, 7) is 4.85. The molecule has 0 saturated heterocycles. The fraction of sp³-hybridized carbons (Fsp3) is 1.00. The molecule has 0 aromatic rings. The first-order valence-electron chi connectivity index (χ1n) is 7.38. The lowest BCUT2D eigenvalue weighted by molar-refractivity contribution is 0.0354. The van der Waals surface area contributed by atoms with Gasteiger partial charge >= 0.3 is 0 Å². The van der Waals surface area contributed by atoms with E-state index in [0.29, 0.717) is 13.2 Å². The lowest BCUT2D eigenvalue weighted by Crippen LogP contribution is -2.31. The van der Waals surface area contributed by atoms with E-state index >= 15 is 0 Å². The molecule has 0 saturated carbocycles. The summed E-state index contributed by atoms with van der Waals surface area (Å²) in [6.07, 6.45) is 7.84. The Balaban J connectivity index is 3.08. The van der Waals surface area contributed by atoms with E-state index in [2.05, 4.69) is 12.2 Å². The maximum Gasteiger partial charge on any atom is 0.0897 e. The molecule has 3 N–H and O–H groups in total. The largest absolute Gasteiger partial charge is 0.396 e. The van der Waals surface area contributed by atoms with E-state index in [9.17, 15) is 5.11 Å². The number of aliphatic hydroxyl groups excluding tert-OH is 2. The predicted octanol–water partition coefficient (Wildman–Crippen LogP) is 1.70. The van der Waals surface area contributed by atoms with Gasteiger partial charge in [-0.1, -0.05) is 39.0 Å². The minimum Gasteiger partial charge on any atom is -0.396 e. The average molecular weight is 261 g/mol. The quantitative estimate of drug-likeness (QED) is 0.417. The Morgan fingerprint density at radius 1 is 1.06 bits per heavy atom. The van der Waals surface area contributed by atoms with Crippen LogP contribution in [0.1, 0.15) is 51.9 Å². The minimum atomic E-state index is -0.441. The summed E-state index contributed by atoms with van der Waals surface area (Å²) in [5, 5.41) is 21.2. The molecule has 0 aliphatic heterocycles. The molecular weight excluding hydrogens is 230 g/mol. The molecule has 0 rings (SSSR count). The van der Waals surface area contributed by atoms with Crippen LogP contribution in [0, 0.1) is 0 Å². The van der Waals surface area contributed by atoms with Crippen molar-refractivity contribution in [3.63, 3.8) is 0 Å². The van der Waals surface area contributed by atoms with Gasteiger partial charge in [-0.05, 0) is 19.4 Å². The Labute approximate surface area is 112 Å². The highest BCUT2D eigenvalue weighted by Gasteiger charge is 2.02. The normalized spacial score (nSPS) is 12.8. The summed E-state index contributed by atoms with van der Waals surface area (Å²) in [5.41, 5.74) is 0. The van der Waals surface area contributed by atoms with Gasteiger partial charge in [-0.15, -0.1) is 0 Å². The van der Waals surface area contributed by atoms with E-state index in [-0.39, 0.29) is 6.61 Å². The van der Waals surface area contributed by atoms with Gasteiger partial charge in [-0.3, -0.25) is 0 Å². The SMILES string of the molecule is CCCCCCCCOCC(O)CNCCCO. The molecule has 0 aromatic heterocycles. The van der Waals surface area contributed by atoms with Crippen molar-refractivity contribution in [1.29, 1.82) is 0 Å². The standard InChI is InChI=1S/C14H31NO3/c1-2-3-4-5-6-7-11-18-13-14(17)12-15-9-8-10-16/h14-17H,2-13H2,1H3. The molecule has 0 heterocycles. The van der Waals surface area contributed by atoms with Crippen LogP contribution in [0.25, 0.3) is 0 Å². The molecule has 1 unspecified atom stereocenters. The average Bonchev–Trinajstić information content (AvgIpc) is 2.38. The first kappa shape index (κ1) is 17.8. The van der Waals surface area contributed by atoms with Crippen LogP contribution in [0.3, 0.4) is 0 Å². The minimum absolute atomic E-state index is 0.192. The monoisotopic (exact) mass is 261 g/mol. The van der Waals surface area contributed by atoms with Crippen molar-refractivity contribution < 1.29 is 14.9 Å². The van der Waals surface area contributed by atoms with Gasteiger partial charge in [-0.25, -0.2) is 0 Å². The fourth-order valence-electron chi connectivity index (χ4n) is 1.74. The Hall–Kier alpha value is -0.160. The van der Waals surface area contributed by atoms with Crippen molar-refractivity contribution in [3.8, 4) is 0 Å². The van der Waals surface area contributed by atoms with E-state index in [1.54, 1.807) is 0 Å². The molecule has 0 aliphatic carbocycles. The van der Waals surface area contributed by atoms with Crippen LogP contribution < -0.4 is 5.32 Å². The zero-order chi connectivity index (χ0) is 13.5. The molecule has 1 atom stereocenters. The fourth-order valence-corrected chi connectivity index (χ4v) is 1.74. The molecule has 0 fully saturated rings. The molecule has 110 valence electrons. The van der Waals surface area contributed by atoms with Crippen molar-refractivity contribution >= 4 is 0 Å². The number of unbranched alkanes of at least 4 members (excludes halogenated alkanes) is 5. The van der Waals surface area contributed by atoms with Crippen molar-refractivity contribution in [1.82, 2.24) is 5.32 Å². The Kier molecular flexibility index (Phi) is 14.8. The molecule has 4 heteroatoms. The number of nitrogens with one attached hydrogen (secondary N) is 1. The molecule has 0 aliphatic rings. The number of hydrogen-bond acceptors (Lipinski definition) is 4. The number of ether oxygens (including phenoxy) is 1. The van der Waals surface area contributed by atoms with Crippen molar-refractivity contribution in [3.05, 3.63) is 0 Å². The third-order valence-corrected chi connectivity index (χ3v) is 2.84. The summed E-state index contributed by atoms with van der Waals surface area (Å²) in [4.78, 5) is 0. The van der Waals surface area contributed by atoms with Crippen molar-refractivity contribution in [2.45, 2.75) is 58.0 Å². The van der Waals surface area contributed by atoms with Gasteiger partial charge in [-0.2, -0.15) is 0 Å². The molecule has 0 amide bonds. The van der Waals surface area contributed by atoms with Gasteiger partial charge in [0, 0.05) is 19.8 Å². The Morgan fingerprint density at radius 3 is 2.50 bits per heavy atom. The predicted molar refractivity (Wildman–Crippen MR) is 74.8 cm³/mol. The lowest BCUT2D eigenvalue weighted by Gasteiger charge is -2.12. The second-order valence-electron chi connectivity index (χ2n) is 4.78. The summed E-state index contributed by atoms with van der Waals surface area (Å²) >= 11 is 0. The first-order chi connectivity index (χ1) is 8.81. The second-order valence-corrected chi connectivity index (χ2v) is 4.78. The van der Waals surface area contributed by atoms with Gasteiger partial charge < -0.3 is 20.3 Å². The van der Waals surface area contributed by atoms with E-state index in [1.165, 1.54) is 32.1 Å². The highest BCUT2D eigenvalue weighted by Crippen LogP contribution is 2.04. The van der Waals surface area contributed by atoms with Gasteiger partial charge in [0.15, 0.2) is 0 Å². The van der Waals surface area contributed by atoms with Gasteiger partial charge in [0.05, 0.1) is 12.7 Å². The highest BCUT2D eigenvalue weighted by molar-refractivity contribution is 4.58. The maximum atomic E-state index is 9.57. The Bertz CT molecular complexity index is 156. The van der Waals surface area contributed by atoms with Gasteiger partial charge in [0.2, 0.25) is 0 Å². The molecule has 18 heavy (non-hydrogen) atoms. The number of aliphatic hydroxyl groups is 2. The third kappa shape index (κ3) is 13.9. The van der Waals surface area contributed by atoms with Crippen molar-refractivity contribution in [2.24, 2.45) is 0 Å². The topological polar surface area (TPSA) is 61.7 Å². The summed E-state index contributed by atoms with van der Waals surface area (Å²) < 4.78 is 5.42. The zero-order valence-electron chi connectivity index (χ0n) is 11.9. The molecule has 0 radical (unpaired) electrons. The molecular formula is C14H31NO3. The summed E-state index contributed by atoms with van der Waals surface area (Å²) in [5.74, 6) is 0. The zero-order valence-corrected chi connectivity index (χ0v) is 11.9. The van der Waals surface area contributed by atoms with Crippen LogP contribution in [0.15, 0.2) is 0 Å². The van der Waals surface area contributed by atoms with Gasteiger partial charge in [0.1, 0.15) is 0 Å². The lowest BCUT2D eigenvalue weighted by atomic mass is 10.1. The van der Waals surface area contributed by atoms with Crippen LogP contribution in [0.5, 0.6) is 0 Å². The summed E-state index contributed by atoms with van der Waals surface area (Å²) in [7, 11) is 0. The van der Waals surface area contributed by atoms with Crippen LogP contribution in [-0.4, -0.2) is 49.2 Å². The number of rotatable bonds is 14. The summed E-state index contributed by atoms with van der Waals surface area (Å²) in [6, 6.07) is 0. The number of hydrogen-bond donors (Lipinski definition) is 3.